The quantitative estimate of drug-likeness (QED) is 0.581. The second-order valence-electron chi connectivity index (χ2n) is 6.21. The van der Waals surface area contributed by atoms with E-state index in [1.807, 2.05) is 42.5 Å². The van der Waals surface area contributed by atoms with Gasteiger partial charge in [0, 0.05) is 29.9 Å². The van der Waals surface area contributed by atoms with Crippen molar-refractivity contribution in [3.8, 4) is 11.5 Å². The molecule has 0 atom stereocenters. The zero-order chi connectivity index (χ0) is 20.5. The molecule has 0 saturated heterocycles. The summed E-state index contributed by atoms with van der Waals surface area (Å²) < 4.78 is 38.1. The van der Waals surface area contributed by atoms with Crippen molar-refractivity contribution < 1.29 is 17.9 Å². The van der Waals surface area contributed by atoms with Crippen LogP contribution in [0.4, 0.5) is 0 Å². The molecule has 0 amide bonds. The Kier molecular flexibility index (Phi) is 6.99. The van der Waals surface area contributed by atoms with Crippen LogP contribution in [-0.4, -0.2) is 20.5 Å². The van der Waals surface area contributed by atoms with Crippen molar-refractivity contribution >= 4 is 16.1 Å². The Morgan fingerprint density at radius 2 is 1.83 bits per heavy atom. The maximum Gasteiger partial charge on any atom is 0.234 e. The number of methoxy groups -OCH3 is 1. The maximum absolute atomic E-state index is 12.2. The Bertz CT molecular complexity index is 1050. The SMILES string of the molecule is COc1cc(CNS(=O)(=O)/C=C\c2ccccc2)ccc1OCc1cccnc1. The van der Waals surface area contributed by atoms with Crippen molar-refractivity contribution in [3.63, 3.8) is 0 Å². The van der Waals surface area contributed by atoms with Crippen molar-refractivity contribution in [1.29, 1.82) is 0 Å². The van der Waals surface area contributed by atoms with Crippen molar-refractivity contribution in [2.75, 3.05) is 7.11 Å². The first-order valence-electron chi connectivity index (χ1n) is 8.97. The monoisotopic (exact) mass is 410 g/mol. The third-order valence-electron chi connectivity index (χ3n) is 4.06. The molecule has 0 aliphatic rings. The fourth-order valence-electron chi connectivity index (χ4n) is 2.55. The lowest BCUT2D eigenvalue weighted by Crippen LogP contribution is -2.20. The van der Waals surface area contributed by atoms with Crippen LogP contribution in [0, 0.1) is 0 Å². The summed E-state index contributed by atoms with van der Waals surface area (Å²) in [5.74, 6) is 1.11. The summed E-state index contributed by atoms with van der Waals surface area (Å²) in [5, 5.41) is 1.16. The topological polar surface area (TPSA) is 77.5 Å². The van der Waals surface area contributed by atoms with Gasteiger partial charge in [0.1, 0.15) is 6.61 Å². The fraction of sp³-hybridized carbons (Fsp3) is 0.136. The standard InChI is InChI=1S/C22H22N2O4S/c1-27-22-14-19(9-10-21(22)28-17-20-8-5-12-23-15-20)16-24-29(25,26)13-11-18-6-3-2-4-7-18/h2-15,24H,16-17H2,1H3/b13-11-. The first-order valence-corrected chi connectivity index (χ1v) is 10.5. The molecule has 1 aromatic heterocycles. The number of pyridine rings is 1. The highest BCUT2D eigenvalue weighted by atomic mass is 32.2. The van der Waals surface area contributed by atoms with Crippen molar-refractivity contribution in [2.45, 2.75) is 13.2 Å². The molecule has 6 nitrogen and oxygen atoms in total. The maximum atomic E-state index is 12.2. The van der Waals surface area contributed by atoms with Crippen molar-refractivity contribution in [1.82, 2.24) is 9.71 Å². The molecule has 3 aromatic rings. The van der Waals surface area contributed by atoms with E-state index in [0.717, 1.165) is 22.1 Å². The Hall–Kier alpha value is -3.16. The molecule has 0 aliphatic heterocycles. The molecular formula is C22H22N2O4S. The highest BCUT2D eigenvalue weighted by molar-refractivity contribution is 7.92. The average molecular weight is 410 g/mol. The molecule has 0 fully saturated rings. The molecule has 0 unspecified atom stereocenters. The van der Waals surface area contributed by atoms with E-state index in [0.29, 0.717) is 18.1 Å². The Balaban J connectivity index is 1.61. The van der Waals surface area contributed by atoms with E-state index in [2.05, 4.69) is 9.71 Å². The van der Waals surface area contributed by atoms with Gasteiger partial charge in [-0.15, -0.1) is 0 Å². The van der Waals surface area contributed by atoms with Crippen LogP contribution in [0.5, 0.6) is 11.5 Å². The van der Waals surface area contributed by atoms with Crippen LogP contribution >= 0.6 is 0 Å². The summed E-state index contributed by atoms with van der Waals surface area (Å²) in [7, 11) is -2.02. The zero-order valence-electron chi connectivity index (χ0n) is 16.0. The number of hydrogen-bond donors (Lipinski definition) is 1. The molecule has 3 rings (SSSR count). The van der Waals surface area contributed by atoms with Gasteiger partial charge in [-0.25, -0.2) is 13.1 Å². The van der Waals surface area contributed by atoms with Crippen LogP contribution < -0.4 is 14.2 Å². The zero-order valence-corrected chi connectivity index (χ0v) is 16.8. The molecule has 1 heterocycles. The Morgan fingerprint density at radius 1 is 1.00 bits per heavy atom. The van der Waals surface area contributed by atoms with E-state index in [1.165, 1.54) is 0 Å². The Labute approximate surface area is 170 Å². The normalized spacial score (nSPS) is 11.5. The van der Waals surface area contributed by atoms with E-state index in [1.54, 1.807) is 43.8 Å². The number of aromatic nitrogens is 1. The lowest BCUT2D eigenvalue weighted by Gasteiger charge is -2.12. The summed E-state index contributed by atoms with van der Waals surface area (Å²) in [4.78, 5) is 4.05. The molecule has 0 radical (unpaired) electrons. The molecule has 0 saturated carbocycles. The third-order valence-corrected chi connectivity index (χ3v) is 5.10. The Morgan fingerprint density at radius 3 is 2.55 bits per heavy atom. The van der Waals surface area contributed by atoms with Gasteiger partial charge in [0.05, 0.1) is 7.11 Å². The minimum absolute atomic E-state index is 0.140. The van der Waals surface area contributed by atoms with Gasteiger partial charge >= 0.3 is 0 Å². The van der Waals surface area contributed by atoms with Gasteiger partial charge in [-0.1, -0.05) is 42.5 Å². The first kappa shape index (κ1) is 20.6. The van der Waals surface area contributed by atoms with Gasteiger partial charge in [0.25, 0.3) is 0 Å². The van der Waals surface area contributed by atoms with Crippen LogP contribution in [0.15, 0.2) is 78.5 Å². The van der Waals surface area contributed by atoms with Crippen LogP contribution in [-0.2, 0) is 23.2 Å². The van der Waals surface area contributed by atoms with Crippen LogP contribution in [0.3, 0.4) is 0 Å². The minimum atomic E-state index is -3.56. The number of hydrogen-bond acceptors (Lipinski definition) is 5. The molecule has 0 aliphatic carbocycles. The predicted octanol–water partition coefficient (Wildman–Crippen LogP) is 3.76. The average Bonchev–Trinajstić information content (AvgIpc) is 2.76. The van der Waals surface area contributed by atoms with E-state index in [4.69, 9.17) is 9.47 Å². The number of rotatable bonds is 9. The smallest absolute Gasteiger partial charge is 0.234 e. The molecule has 0 spiro atoms. The van der Waals surface area contributed by atoms with E-state index in [9.17, 15) is 8.42 Å². The summed E-state index contributed by atoms with van der Waals surface area (Å²) in [5.41, 5.74) is 2.51. The van der Waals surface area contributed by atoms with E-state index in [-0.39, 0.29) is 6.54 Å². The molecule has 0 bridgehead atoms. The highest BCUT2D eigenvalue weighted by Gasteiger charge is 2.09. The van der Waals surface area contributed by atoms with Gasteiger partial charge in [0.15, 0.2) is 11.5 Å². The number of ether oxygens (including phenoxy) is 2. The van der Waals surface area contributed by atoms with Crippen LogP contribution in [0.2, 0.25) is 0 Å². The first-order chi connectivity index (χ1) is 14.1. The molecule has 7 heteroatoms. The second-order valence-corrected chi connectivity index (χ2v) is 7.87. The van der Waals surface area contributed by atoms with Crippen molar-refractivity contribution in [3.05, 3.63) is 95.2 Å². The lowest BCUT2D eigenvalue weighted by atomic mass is 10.2. The summed E-state index contributed by atoms with van der Waals surface area (Å²) in [6.45, 7) is 0.501. The van der Waals surface area contributed by atoms with Gasteiger partial charge < -0.3 is 9.47 Å². The number of sulfonamides is 1. The largest absolute Gasteiger partial charge is 0.493 e. The van der Waals surface area contributed by atoms with Crippen LogP contribution in [0.25, 0.3) is 6.08 Å². The highest BCUT2D eigenvalue weighted by Crippen LogP contribution is 2.28. The summed E-state index contributed by atoms with van der Waals surface area (Å²) in [6, 6.07) is 18.3. The molecule has 2 aromatic carbocycles. The molecule has 29 heavy (non-hydrogen) atoms. The van der Waals surface area contributed by atoms with Gasteiger partial charge in [0.2, 0.25) is 10.0 Å². The van der Waals surface area contributed by atoms with Gasteiger partial charge in [-0.3, -0.25) is 4.98 Å². The van der Waals surface area contributed by atoms with Gasteiger partial charge in [-0.05, 0) is 35.4 Å². The van der Waals surface area contributed by atoms with Crippen LogP contribution in [0.1, 0.15) is 16.7 Å². The third kappa shape index (κ3) is 6.44. The predicted molar refractivity (Wildman–Crippen MR) is 113 cm³/mol. The lowest BCUT2D eigenvalue weighted by molar-refractivity contribution is 0.284. The van der Waals surface area contributed by atoms with E-state index >= 15 is 0 Å². The summed E-state index contributed by atoms with van der Waals surface area (Å²) >= 11 is 0. The second kappa shape index (κ2) is 9.86. The number of nitrogens with zero attached hydrogens (tertiary/aromatic N) is 1. The van der Waals surface area contributed by atoms with E-state index < -0.39 is 10.0 Å². The van der Waals surface area contributed by atoms with Gasteiger partial charge in [-0.2, -0.15) is 0 Å². The molecule has 150 valence electrons. The molecular weight excluding hydrogens is 388 g/mol. The molecule has 1 N–H and O–H groups in total. The van der Waals surface area contributed by atoms with Crippen molar-refractivity contribution in [2.24, 2.45) is 0 Å². The minimum Gasteiger partial charge on any atom is -0.493 e. The fourth-order valence-corrected chi connectivity index (χ4v) is 3.35. The number of nitrogens with one attached hydrogen (secondary N) is 1. The number of benzene rings is 2. The summed E-state index contributed by atoms with van der Waals surface area (Å²) in [6.07, 6.45) is 4.99.